The fourth-order valence-electron chi connectivity index (χ4n) is 1.50. The molecule has 0 bridgehead atoms. The van der Waals surface area contributed by atoms with Crippen molar-refractivity contribution in [3.05, 3.63) is 22.7 Å². The summed E-state index contributed by atoms with van der Waals surface area (Å²) < 4.78 is 47.9. The van der Waals surface area contributed by atoms with E-state index < -0.39 is 51.3 Å². The van der Waals surface area contributed by atoms with E-state index in [-0.39, 0.29) is 0 Å². The van der Waals surface area contributed by atoms with Gasteiger partial charge in [0, 0.05) is 6.26 Å². The van der Waals surface area contributed by atoms with Crippen LogP contribution in [-0.4, -0.2) is 39.4 Å². The van der Waals surface area contributed by atoms with Crippen molar-refractivity contribution in [2.24, 2.45) is 0 Å². The summed E-state index contributed by atoms with van der Waals surface area (Å²) in [6.07, 6.45) is 0.832. The fourth-order valence-corrected chi connectivity index (χ4v) is 4.86. The SMILES string of the molecule is CC(C)S(=O)(=O)c1c(S(C)(=O)=O)ccc(C(=O)O)c1Cl. The highest BCUT2D eigenvalue weighted by Crippen LogP contribution is 2.34. The van der Waals surface area contributed by atoms with Crippen LogP contribution in [-0.2, 0) is 19.7 Å². The largest absolute Gasteiger partial charge is 0.478 e. The minimum atomic E-state index is -4.05. The van der Waals surface area contributed by atoms with Crippen molar-refractivity contribution in [2.45, 2.75) is 28.9 Å². The Hall–Kier alpha value is -1.12. The Balaban J connectivity index is 3.96. The van der Waals surface area contributed by atoms with Gasteiger partial charge < -0.3 is 5.11 Å². The van der Waals surface area contributed by atoms with E-state index in [4.69, 9.17) is 16.7 Å². The summed E-state index contributed by atoms with van der Waals surface area (Å²) in [5.74, 6) is -1.43. The van der Waals surface area contributed by atoms with E-state index >= 15 is 0 Å². The Bertz CT molecular complexity index is 762. The third-order valence-corrected chi connectivity index (χ3v) is 6.60. The van der Waals surface area contributed by atoms with Gasteiger partial charge in [0.15, 0.2) is 19.7 Å². The van der Waals surface area contributed by atoms with Crippen LogP contribution in [0.25, 0.3) is 0 Å². The molecule has 0 aliphatic carbocycles. The maximum absolute atomic E-state index is 12.3. The van der Waals surface area contributed by atoms with E-state index in [2.05, 4.69) is 0 Å². The molecule has 0 aliphatic heterocycles. The van der Waals surface area contributed by atoms with Crippen molar-refractivity contribution in [2.75, 3.05) is 6.26 Å². The van der Waals surface area contributed by atoms with Crippen LogP contribution in [0.15, 0.2) is 21.9 Å². The zero-order valence-corrected chi connectivity index (χ0v) is 13.3. The number of aromatic carboxylic acids is 1. The molecule has 0 fully saturated rings. The maximum Gasteiger partial charge on any atom is 0.337 e. The summed E-state index contributed by atoms with van der Waals surface area (Å²) in [5.41, 5.74) is -0.460. The molecule has 0 amide bonds. The Morgan fingerprint density at radius 2 is 1.70 bits per heavy atom. The fraction of sp³-hybridized carbons (Fsp3) is 0.364. The third-order valence-electron chi connectivity index (χ3n) is 2.60. The quantitative estimate of drug-likeness (QED) is 0.892. The van der Waals surface area contributed by atoms with Gasteiger partial charge >= 0.3 is 5.97 Å². The molecule has 1 N–H and O–H groups in total. The standard InChI is InChI=1S/C11H13ClO6S2/c1-6(2)20(17,18)10-8(19(3,15)16)5-4-7(9(10)12)11(13)14/h4-6H,1-3H3,(H,13,14). The molecule has 6 nitrogen and oxygen atoms in total. The number of carboxylic acid groups (broad SMARTS) is 1. The Morgan fingerprint density at radius 3 is 2.05 bits per heavy atom. The number of rotatable bonds is 4. The maximum atomic E-state index is 12.3. The van der Waals surface area contributed by atoms with Crippen LogP contribution in [0.1, 0.15) is 24.2 Å². The van der Waals surface area contributed by atoms with E-state index in [0.717, 1.165) is 18.4 Å². The molecule has 112 valence electrons. The summed E-state index contributed by atoms with van der Waals surface area (Å²) >= 11 is 5.82. The van der Waals surface area contributed by atoms with Crippen molar-refractivity contribution in [1.29, 1.82) is 0 Å². The van der Waals surface area contributed by atoms with Gasteiger partial charge in [-0.2, -0.15) is 0 Å². The van der Waals surface area contributed by atoms with Crippen LogP contribution in [0.5, 0.6) is 0 Å². The molecule has 1 rings (SSSR count). The van der Waals surface area contributed by atoms with E-state index in [1.165, 1.54) is 13.8 Å². The Kier molecular flexibility index (Phi) is 4.52. The lowest BCUT2D eigenvalue weighted by Gasteiger charge is -2.15. The van der Waals surface area contributed by atoms with Gasteiger partial charge in [-0.1, -0.05) is 11.6 Å². The van der Waals surface area contributed by atoms with Crippen LogP contribution in [0, 0.1) is 0 Å². The van der Waals surface area contributed by atoms with Crippen LogP contribution in [0.3, 0.4) is 0 Å². The predicted molar refractivity (Wildman–Crippen MR) is 73.8 cm³/mol. The van der Waals surface area contributed by atoms with Gasteiger partial charge in [-0.05, 0) is 26.0 Å². The van der Waals surface area contributed by atoms with Gasteiger partial charge in [0.25, 0.3) is 0 Å². The van der Waals surface area contributed by atoms with Crippen molar-refractivity contribution in [1.82, 2.24) is 0 Å². The second-order valence-electron chi connectivity index (χ2n) is 4.43. The van der Waals surface area contributed by atoms with Gasteiger partial charge in [-0.3, -0.25) is 0 Å². The highest BCUT2D eigenvalue weighted by molar-refractivity contribution is 7.94. The summed E-state index contributed by atoms with van der Waals surface area (Å²) in [6, 6.07) is 1.92. The first kappa shape index (κ1) is 16.9. The second kappa shape index (κ2) is 5.34. The summed E-state index contributed by atoms with van der Waals surface area (Å²) in [5, 5.41) is 7.43. The van der Waals surface area contributed by atoms with E-state index in [0.29, 0.717) is 0 Å². The zero-order valence-electron chi connectivity index (χ0n) is 10.9. The minimum absolute atomic E-state index is 0.460. The molecule has 20 heavy (non-hydrogen) atoms. The van der Waals surface area contributed by atoms with Crippen LogP contribution >= 0.6 is 11.6 Å². The lowest BCUT2D eigenvalue weighted by Crippen LogP contribution is -2.19. The van der Waals surface area contributed by atoms with Crippen LogP contribution < -0.4 is 0 Å². The number of benzene rings is 1. The van der Waals surface area contributed by atoms with Gasteiger partial charge in [0.2, 0.25) is 0 Å². The molecule has 0 saturated heterocycles. The predicted octanol–water partition coefficient (Wildman–Crippen LogP) is 1.62. The Morgan fingerprint density at radius 1 is 1.20 bits per heavy atom. The number of hydrogen-bond donors (Lipinski definition) is 1. The number of carboxylic acids is 1. The average Bonchev–Trinajstić information content (AvgIpc) is 2.25. The highest BCUT2D eigenvalue weighted by Gasteiger charge is 2.32. The molecule has 1 aromatic rings. The van der Waals surface area contributed by atoms with E-state index in [1.54, 1.807) is 0 Å². The lowest BCUT2D eigenvalue weighted by atomic mass is 10.2. The number of halogens is 1. The smallest absolute Gasteiger partial charge is 0.337 e. The highest BCUT2D eigenvalue weighted by atomic mass is 35.5. The zero-order chi connectivity index (χ0) is 15.9. The first-order valence-electron chi connectivity index (χ1n) is 5.40. The summed E-state index contributed by atoms with van der Waals surface area (Å²) in [7, 11) is -7.92. The number of hydrogen-bond acceptors (Lipinski definition) is 5. The topological polar surface area (TPSA) is 106 Å². The van der Waals surface area contributed by atoms with E-state index in [1.807, 2.05) is 0 Å². The Labute approximate surface area is 122 Å². The van der Waals surface area contributed by atoms with Crippen molar-refractivity contribution in [3.63, 3.8) is 0 Å². The molecule has 0 spiro atoms. The second-order valence-corrected chi connectivity index (χ2v) is 9.23. The van der Waals surface area contributed by atoms with Gasteiger partial charge in [-0.15, -0.1) is 0 Å². The van der Waals surface area contributed by atoms with Crippen LogP contribution in [0.2, 0.25) is 5.02 Å². The first-order chi connectivity index (χ1) is 8.90. The normalized spacial score (nSPS) is 12.7. The molecular weight excluding hydrogens is 328 g/mol. The molecule has 0 aliphatic rings. The summed E-state index contributed by atoms with van der Waals surface area (Å²) in [4.78, 5) is 9.85. The number of carbonyl (C=O) groups is 1. The first-order valence-corrected chi connectivity index (χ1v) is 9.22. The monoisotopic (exact) mass is 340 g/mol. The number of sulfone groups is 2. The molecule has 0 atom stereocenters. The van der Waals surface area contributed by atoms with Crippen molar-refractivity contribution < 1.29 is 26.7 Å². The molecule has 0 radical (unpaired) electrons. The van der Waals surface area contributed by atoms with E-state index in [9.17, 15) is 21.6 Å². The van der Waals surface area contributed by atoms with Gasteiger partial charge in [-0.25, -0.2) is 21.6 Å². The molecule has 0 aromatic heterocycles. The van der Waals surface area contributed by atoms with Gasteiger partial charge in [0.05, 0.1) is 20.7 Å². The average molecular weight is 341 g/mol. The molecule has 0 saturated carbocycles. The molecule has 9 heteroatoms. The molecule has 0 unspecified atom stereocenters. The third kappa shape index (κ3) is 2.97. The van der Waals surface area contributed by atoms with Crippen LogP contribution in [0.4, 0.5) is 0 Å². The van der Waals surface area contributed by atoms with Crippen molar-refractivity contribution >= 4 is 37.2 Å². The molecular formula is C11H13ClO6S2. The lowest BCUT2D eigenvalue weighted by molar-refractivity contribution is 0.0696. The summed E-state index contributed by atoms with van der Waals surface area (Å²) in [6.45, 7) is 2.70. The minimum Gasteiger partial charge on any atom is -0.478 e. The van der Waals surface area contributed by atoms with Crippen molar-refractivity contribution in [3.8, 4) is 0 Å². The molecule has 1 aromatic carbocycles. The molecule has 0 heterocycles. The van der Waals surface area contributed by atoms with Gasteiger partial charge in [0.1, 0.15) is 4.90 Å².